The average Bonchev–Trinajstić information content (AvgIpc) is 2.85. The van der Waals surface area contributed by atoms with E-state index >= 15 is 0 Å². The molecular weight excluding hydrogens is 224 g/mol. The van der Waals surface area contributed by atoms with Gasteiger partial charge >= 0.3 is 0 Å². The first-order valence-electron chi connectivity index (χ1n) is 6.63. The molecule has 1 aromatic rings. The molecule has 1 aliphatic rings. The number of benzene rings is 1. The predicted molar refractivity (Wildman–Crippen MR) is 73.4 cm³/mol. The smallest absolute Gasteiger partial charge is 0.244 e. The summed E-state index contributed by atoms with van der Waals surface area (Å²) in [4.78, 5) is 14.2. The number of carbonyl (C=O) groups is 1. The summed E-state index contributed by atoms with van der Waals surface area (Å²) in [6.45, 7) is 7.89. The highest BCUT2D eigenvalue weighted by molar-refractivity contribution is 5.83. The van der Waals surface area contributed by atoms with E-state index in [1.807, 2.05) is 11.8 Å². The molecule has 2 N–H and O–H groups in total. The van der Waals surface area contributed by atoms with E-state index in [2.05, 4.69) is 26.0 Å². The summed E-state index contributed by atoms with van der Waals surface area (Å²) in [6.07, 6.45) is 2.20. The highest BCUT2D eigenvalue weighted by atomic mass is 16.2. The first-order chi connectivity index (χ1) is 8.50. The lowest BCUT2D eigenvalue weighted by Crippen LogP contribution is -2.36. The third-order valence-corrected chi connectivity index (χ3v) is 3.90. The van der Waals surface area contributed by atoms with Crippen LogP contribution in [0.15, 0.2) is 12.1 Å². The lowest BCUT2D eigenvalue weighted by Gasteiger charge is -2.22. The second-order valence-corrected chi connectivity index (χ2v) is 5.30. The minimum Gasteiger partial charge on any atom is -0.341 e. The Hall–Kier alpha value is -1.35. The van der Waals surface area contributed by atoms with Gasteiger partial charge in [0.15, 0.2) is 0 Å². The molecule has 1 atom stereocenters. The van der Waals surface area contributed by atoms with Crippen molar-refractivity contribution in [1.82, 2.24) is 4.90 Å². The minimum absolute atomic E-state index is 0.0684. The van der Waals surface area contributed by atoms with Gasteiger partial charge in [0, 0.05) is 13.1 Å². The summed E-state index contributed by atoms with van der Waals surface area (Å²) >= 11 is 0. The lowest BCUT2D eigenvalue weighted by atomic mass is 9.95. The van der Waals surface area contributed by atoms with Crippen molar-refractivity contribution in [3.05, 3.63) is 34.4 Å². The number of nitrogens with zero attached hydrogens (tertiary/aromatic N) is 1. The molecule has 3 nitrogen and oxygen atoms in total. The number of rotatable bonds is 2. The average molecular weight is 246 g/mol. The van der Waals surface area contributed by atoms with E-state index in [0.717, 1.165) is 37.1 Å². The molecule has 2 rings (SSSR count). The molecule has 1 unspecified atom stereocenters. The molecule has 1 amide bonds. The second-order valence-electron chi connectivity index (χ2n) is 5.30. The van der Waals surface area contributed by atoms with Crippen molar-refractivity contribution in [1.29, 1.82) is 0 Å². The fraction of sp³-hybridized carbons (Fsp3) is 0.533. The van der Waals surface area contributed by atoms with Gasteiger partial charge in [0.25, 0.3) is 0 Å². The summed E-state index contributed by atoms with van der Waals surface area (Å²) in [5.74, 6) is 0.0684. The normalized spacial score (nSPS) is 17.0. The van der Waals surface area contributed by atoms with E-state index in [1.54, 1.807) is 0 Å². The maximum absolute atomic E-state index is 12.3. The van der Waals surface area contributed by atoms with Gasteiger partial charge in [0.05, 0.1) is 0 Å². The molecule has 0 radical (unpaired) electrons. The monoisotopic (exact) mass is 246 g/mol. The highest BCUT2D eigenvalue weighted by Crippen LogP contribution is 2.23. The number of aryl methyl sites for hydroxylation is 3. The molecular formula is C15H22N2O. The Bertz CT molecular complexity index is 462. The molecule has 3 heteroatoms. The number of hydrogen-bond donors (Lipinski definition) is 1. The maximum atomic E-state index is 12.3. The largest absolute Gasteiger partial charge is 0.341 e. The van der Waals surface area contributed by atoms with Crippen molar-refractivity contribution in [2.24, 2.45) is 5.73 Å². The van der Waals surface area contributed by atoms with Gasteiger partial charge < -0.3 is 10.6 Å². The van der Waals surface area contributed by atoms with Crippen molar-refractivity contribution >= 4 is 5.91 Å². The van der Waals surface area contributed by atoms with Crippen molar-refractivity contribution in [2.75, 3.05) is 13.1 Å². The molecule has 0 aliphatic carbocycles. The first kappa shape index (κ1) is 13.1. The molecule has 1 aliphatic heterocycles. The zero-order valence-corrected chi connectivity index (χ0v) is 11.5. The minimum atomic E-state index is -0.512. The molecule has 98 valence electrons. The molecule has 0 aromatic heterocycles. The van der Waals surface area contributed by atoms with Gasteiger partial charge in [-0.05, 0) is 55.9 Å². The molecule has 0 spiro atoms. The van der Waals surface area contributed by atoms with Crippen LogP contribution in [0.1, 0.15) is 41.1 Å². The van der Waals surface area contributed by atoms with Gasteiger partial charge in [0.2, 0.25) is 5.91 Å². The summed E-state index contributed by atoms with van der Waals surface area (Å²) in [7, 11) is 0. The van der Waals surface area contributed by atoms with Gasteiger partial charge in [-0.2, -0.15) is 0 Å². The quantitative estimate of drug-likeness (QED) is 0.870. The van der Waals surface area contributed by atoms with E-state index < -0.39 is 6.04 Å². The van der Waals surface area contributed by atoms with Crippen LogP contribution >= 0.6 is 0 Å². The van der Waals surface area contributed by atoms with Crippen LogP contribution in [0.5, 0.6) is 0 Å². The van der Waals surface area contributed by atoms with Crippen molar-refractivity contribution in [3.63, 3.8) is 0 Å². The number of hydrogen-bond acceptors (Lipinski definition) is 2. The molecule has 18 heavy (non-hydrogen) atoms. The molecule has 1 heterocycles. The van der Waals surface area contributed by atoms with E-state index in [0.29, 0.717) is 0 Å². The van der Waals surface area contributed by atoms with Crippen molar-refractivity contribution in [3.8, 4) is 0 Å². The molecule has 1 fully saturated rings. The van der Waals surface area contributed by atoms with E-state index in [4.69, 9.17) is 5.73 Å². The van der Waals surface area contributed by atoms with Gasteiger partial charge in [-0.25, -0.2) is 0 Å². The Morgan fingerprint density at radius 2 is 1.67 bits per heavy atom. The van der Waals surface area contributed by atoms with E-state index in [-0.39, 0.29) is 5.91 Å². The Labute approximate surface area is 109 Å². The molecule has 1 aromatic carbocycles. The van der Waals surface area contributed by atoms with E-state index in [9.17, 15) is 4.79 Å². The third-order valence-electron chi connectivity index (χ3n) is 3.90. The van der Waals surface area contributed by atoms with E-state index in [1.165, 1.54) is 11.1 Å². The van der Waals surface area contributed by atoms with Crippen LogP contribution in [0, 0.1) is 20.8 Å². The number of amides is 1. The molecule has 0 bridgehead atoms. The number of carbonyl (C=O) groups excluding carboxylic acids is 1. The molecule has 1 saturated heterocycles. The Morgan fingerprint density at radius 1 is 1.11 bits per heavy atom. The number of likely N-dealkylation sites (tertiary alicyclic amines) is 1. The van der Waals surface area contributed by atoms with Gasteiger partial charge in [-0.15, -0.1) is 0 Å². The van der Waals surface area contributed by atoms with Crippen LogP contribution in [0.4, 0.5) is 0 Å². The predicted octanol–water partition coefficient (Wildman–Crippen LogP) is 2.23. The van der Waals surface area contributed by atoms with Gasteiger partial charge in [0.1, 0.15) is 6.04 Å². The highest BCUT2D eigenvalue weighted by Gasteiger charge is 2.25. The Balaban J connectivity index is 2.25. The maximum Gasteiger partial charge on any atom is 0.244 e. The van der Waals surface area contributed by atoms with Crippen LogP contribution in [-0.2, 0) is 4.79 Å². The van der Waals surface area contributed by atoms with Crippen LogP contribution in [0.2, 0.25) is 0 Å². The second kappa shape index (κ2) is 5.11. The van der Waals surface area contributed by atoms with Crippen LogP contribution in [-0.4, -0.2) is 23.9 Å². The lowest BCUT2D eigenvalue weighted by molar-refractivity contribution is -0.131. The zero-order chi connectivity index (χ0) is 13.3. The summed E-state index contributed by atoms with van der Waals surface area (Å²) in [6, 6.07) is 3.66. The Morgan fingerprint density at radius 3 is 2.28 bits per heavy atom. The first-order valence-corrected chi connectivity index (χ1v) is 6.63. The van der Waals surface area contributed by atoms with Crippen molar-refractivity contribution < 1.29 is 4.79 Å². The fourth-order valence-electron chi connectivity index (χ4n) is 2.59. The Kier molecular flexibility index (Phi) is 3.71. The third kappa shape index (κ3) is 2.41. The summed E-state index contributed by atoms with van der Waals surface area (Å²) < 4.78 is 0. The van der Waals surface area contributed by atoms with Crippen LogP contribution in [0.25, 0.3) is 0 Å². The summed E-state index contributed by atoms with van der Waals surface area (Å²) in [5, 5.41) is 0. The van der Waals surface area contributed by atoms with Crippen molar-refractivity contribution in [2.45, 2.75) is 39.7 Å². The standard InChI is InChI=1S/C15H22N2O/c1-10-8-12(3)13(9-11(10)2)14(16)15(18)17-6-4-5-7-17/h8-9,14H,4-7,16H2,1-3H3. The van der Waals surface area contributed by atoms with Gasteiger partial charge in [-0.3, -0.25) is 4.79 Å². The van der Waals surface area contributed by atoms with Crippen LogP contribution < -0.4 is 5.73 Å². The number of nitrogens with two attached hydrogens (primary N) is 1. The topological polar surface area (TPSA) is 46.3 Å². The van der Waals surface area contributed by atoms with Gasteiger partial charge in [-0.1, -0.05) is 12.1 Å². The molecule has 0 saturated carbocycles. The van der Waals surface area contributed by atoms with Crippen LogP contribution in [0.3, 0.4) is 0 Å². The summed E-state index contributed by atoms with van der Waals surface area (Å²) in [5.41, 5.74) is 10.7. The SMILES string of the molecule is Cc1cc(C)c(C(N)C(=O)N2CCCC2)cc1C. The fourth-order valence-corrected chi connectivity index (χ4v) is 2.59. The zero-order valence-electron chi connectivity index (χ0n) is 11.5.